The van der Waals surface area contributed by atoms with Crippen LogP contribution in [0.25, 0.3) is 0 Å². The van der Waals surface area contributed by atoms with Crippen LogP contribution in [-0.2, 0) is 13.0 Å². The van der Waals surface area contributed by atoms with Gasteiger partial charge in [0.05, 0.1) is 22.8 Å². The van der Waals surface area contributed by atoms with Crippen LogP contribution in [0, 0.1) is 25.1 Å². The smallest absolute Gasteiger partial charge is 0.131 e. The average molecular weight is 273 g/mol. The van der Waals surface area contributed by atoms with E-state index in [0.29, 0.717) is 18.5 Å². The number of aromatic nitrogens is 2. The zero-order chi connectivity index (χ0) is 15.9. The normalized spacial score (nSPS) is 17.1. The number of aryl methyl sites for hydroxylation is 2. The van der Waals surface area contributed by atoms with Crippen LogP contribution in [0.5, 0.6) is 0 Å². The number of nitrogens with zero attached hydrogens (tertiary/aromatic N) is 4. The van der Waals surface area contributed by atoms with Gasteiger partial charge in [-0.1, -0.05) is 0 Å². The lowest BCUT2D eigenvalue weighted by molar-refractivity contribution is 0.715. The largest absolute Gasteiger partial charge is 0.351 e. The van der Waals surface area contributed by atoms with Gasteiger partial charge >= 0.3 is 0 Å². The molecule has 0 spiro atoms. The number of pyridine rings is 1. The summed E-state index contributed by atoms with van der Waals surface area (Å²) in [5, 5.41) is 9.12. The lowest BCUT2D eigenvalue weighted by atomic mass is 10.1. The van der Waals surface area contributed by atoms with Crippen molar-refractivity contribution >= 4 is 17.2 Å². The molecule has 0 fully saturated rings. The molecule has 0 saturated heterocycles. The number of nitriles is 1. The fourth-order valence-electron chi connectivity index (χ4n) is 2.34. The summed E-state index contributed by atoms with van der Waals surface area (Å²) in [6.07, 6.45) is 2.28. The van der Waals surface area contributed by atoms with E-state index < -0.39 is 6.85 Å². The molecule has 2 aromatic rings. The molecule has 2 aromatic heterocycles. The second-order valence-electron chi connectivity index (χ2n) is 4.54. The summed E-state index contributed by atoms with van der Waals surface area (Å²) in [6.45, 7) is 1.15. The number of anilines is 1. The lowest BCUT2D eigenvalue weighted by Gasteiger charge is -2.28. The second-order valence-corrected chi connectivity index (χ2v) is 5.62. The van der Waals surface area contributed by atoms with Gasteiger partial charge in [0.15, 0.2) is 0 Å². The topological polar surface area (TPSA) is 52.8 Å². The minimum Gasteiger partial charge on any atom is -0.351 e. The molecule has 0 aromatic carbocycles. The van der Waals surface area contributed by atoms with Gasteiger partial charge in [-0.3, -0.25) is 0 Å². The van der Waals surface area contributed by atoms with Crippen LogP contribution in [0.3, 0.4) is 0 Å². The molecular formula is C14H14N4S. The Labute approximate surface area is 120 Å². The molecule has 0 N–H and O–H groups in total. The molecule has 0 bridgehead atoms. The molecule has 0 radical (unpaired) electrons. The molecule has 0 aliphatic carbocycles. The van der Waals surface area contributed by atoms with E-state index in [0.717, 1.165) is 28.5 Å². The summed E-state index contributed by atoms with van der Waals surface area (Å²) in [6, 6.07) is 3.90. The molecule has 0 amide bonds. The van der Waals surface area contributed by atoms with Crippen LogP contribution >= 0.6 is 11.3 Å². The van der Waals surface area contributed by atoms with E-state index >= 15 is 0 Å². The number of hydrogen-bond acceptors (Lipinski definition) is 5. The van der Waals surface area contributed by atoms with E-state index in [1.807, 2.05) is 13.0 Å². The Morgan fingerprint density at radius 2 is 2.47 bits per heavy atom. The van der Waals surface area contributed by atoms with E-state index in [-0.39, 0.29) is 5.01 Å². The van der Waals surface area contributed by atoms with Crippen molar-refractivity contribution in [2.24, 2.45) is 0 Å². The first kappa shape index (κ1) is 9.05. The van der Waals surface area contributed by atoms with Gasteiger partial charge in [-0.25, -0.2) is 9.97 Å². The van der Waals surface area contributed by atoms with Gasteiger partial charge in [-0.15, -0.1) is 11.3 Å². The van der Waals surface area contributed by atoms with E-state index in [1.54, 1.807) is 6.20 Å². The predicted octanol–water partition coefficient (Wildman–Crippen LogP) is 2.59. The van der Waals surface area contributed by atoms with Crippen molar-refractivity contribution in [3.05, 3.63) is 39.0 Å². The van der Waals surface area contributed by atoms with Crippen molar-refractivity contribution in [3.63, 3.8) is 0 Å². The molecule has 1 aliphatic rings. The molecule has 5 heteroatoms. The summed E-state index contributed by atoms with van der Waals surface area (Å²) in [5.74, 6) is 0.841. The maximum atomic E-state index is 8.91. The van der Waals surface area contributed by atoms with Gasteiger partial charge in [-0.2, -0.15) is 5.26 Å². The molecule has 0 saturated carbocycles. The van der Waals surface area contributed by atoms with Crippen LogP contribution in [0.15, 0.2) is 12.3 Å². The maximum Gasteiger partial charge on any atom is 0.131 e. The van der Waals surface area contributed by atoms with Gasteiger partial charge < -0.3 is 4.90 Å². The van der Waals surface area contributed by atoms with E-state index in [1.165, 1.54) is 11.3 Å². The first-order chi connectivity index (χ1) is 10.4. The van der Waals surface area contributed by atoms with Crippen molar-refractivity contribution in [2.75, 3.05) is 11.4 Å². The number of rotatable bonds is 1. The standard InChI is InChI=1S/C14H14N4S/c1-9-5-11(6-15)7-16-14(9)18-4-3-12-13(8-18)19-10(2)17-12/h5,7H,3-4,8H2,1-2H3/i2D3. The Morgan fingerprint density at radius 3 is 3.21 bits per heavy atom. The monoisotopic (exact) mass is 273 g/mol. The summed E-state index contributed by atoms with van der Waals surface area (Å²) in [5.41, 5.74) is 2.38. The maximum absolute atomic E-state index is 8.91. The van der Waals surface area contributed by atoms with Crippen molar-refractivity contribution in [2.45, 2.75) is 26.7 Å². The third-order valence-electron chi connectivity index (χ3n) is 3.21. The number of thiazole rings is 1. The van der Waals surface area contributed by atoms with Crippen molar-refractivity contribution in [1.82, 2.24) is 9.97 Å². The predicted molar refractivity (Wildman–Crippen MR) is 75.3 cm³/mol. The minimum absolute atomic E-state index is 0.212. The van der Waals surface area contributed by atoms with E-state index in [9.17, 15) is 0 Å². The van der Waals surface area contributed by atoms with Crippen molar-refractivity contribution in [1.29, 1.82) is 5.26 Å². The van der Waals surface area contributed by atoms with Crippen LogP contribution in [0.1, 0.15) is 30.8 Å². The highest BCUT2D eigenvalue weighted by atomic mass is 32.1. The third kappa shape index (κ3) is 2.20. The molecule has 0 unspecified atom stereocenters. The Bertz CT molecular complexity index is 760. The Hall–Kier alpha value is -1.93. The van der Waals surface area contributed by atoms with Gasteiger partial charge in [0, 0.05) is 28.2 Å². The molecular weight excluding hydrogens is 256 g/mol. The molecule has 3 rings (SSSR count). The fourth-order valence-corrected chi connectivity index (χ4v) is 3.21. The molecule has 3 heterocycles. The van der Waals surface area contributed by atoms with Crippen LogP contribution in [0.4, 0.5) is 5.82 Å². The summed E-state index contributed by atoms with van der Waals surface area (Å²) in [7, 11) is 0. The van der Waals surface area contributed by atoms with E-state index in [2.05, 4.69) is 20.9 Å². The van der Waals surface area contributed by atoms with Gasteiger partial charge in [0.1, 0.15) is 11.9 Å². The van der Waals surface area contributed by atoms with Crippen LogP contribution < -0.4 is 4.90 Å². The first-order valence-electron chi connectivity index (χ1n) is 7.49. The van der Waals surface area contributed by atoms with Crippen LogP contribution in [0.2, 0.25) is 0 Å². The summed E-state index contributed by atoms with van der Waals surface area (Å²) >= 11 is 1.26. The SMILES string of the molecule is [2H]C([2H])([2H])c1nc2c(s1)CN(c1ncc(C#N)cc1C)CC2. The molecule has 1 aliphatic heterocycles. The van der Waals surface area contributed by atoms with Gasteiger partial charge in [0.25, 0.3) is 0 Å². The zero-order valence-corrected chi connectivity index (χ0v) is 11.3. The second kappa shape index (κ2) is 4.63. The zero-order valence-electron chi connectivity index (χ0n) is 13.5. The number of fused-ring (bicyclic) bond motifs is 1. The quantitative estimate of drug-likeness (QED) is 0.801. The Balaban J connectivity index is 1.88. The third-order valence-corrected chi connectivity index (χ3v) is 4.11. The van der Waals surface area contributed by atoms with Crippen molar-refractivity contribution < 1.29 is 4.11 Å². The molecule has 19 heavy (non-hydrogen) atoms. The summed E-state index contributed by atoms with van der Waals surface area (Å²) < 4.78 is 22.4. The molecule has 0 atom stereocenters. The van der Waals surface area contributed by atoms with E-state index in [4.69, 9.17) is 9.37 Å². The Morgan fingerprint density at radius 1 is 1.58 bits per heavy atom. The highest BCUT2D eigenvalue weighted by Gasteiger charge is 2.21. The molecule has 96 valence electrons. The lowest BCUT2D eigenvalue weighted by Crippen LogP contribution is -2.31. The molecule has 4 nitrogen and oxygen atoms in total. The highest BCUT2D eigenvalue weighted by molar-refractivity contribution is 7.11. The van der Waals surface area contributed by atoms with Gasteiger partial charge in [-0.05, 0) is 25.4 Å². The number of hydrogen-bond donors (Lipinski definition) is 0. The fraction of sp³-hybridized carbons (Fsp3) is 0.357. The Kier molecular flexibility index (Phi) is 2.21. The first-order valence-corrected chi connectivity index (χ1v) is 6.81. The van der Waals surface area contributed by atoms with Gasteiger partial charge in [0.2, 0.25) is 0 Å². The summed E-state index contributed by atoms with van der Waals surface area (Å²) in [4.78, 5) is 11.7. The average Bonchev–Trinajstić information content (AvgIpc) is 2.90. The van der Waals surface area contributed by atoms with Crippen molar-refractivity contribution in [3.8, 4) is 6.07 Å². The van der Waals surface area contributed by atoms with Crippen LogP contribution in [-0.4, -0.2) is 16.5 Å². The minimum atomic E-state index is -2.14. The highest BCUT2D eigenvalue weighted by Crippen LogP contribution is 2.28.